The van der Waals surface area contributed by atoms with Gasteiger partial charge in [-0.2, -0.15) is 0 Å². The van der Waals surface area contributed by atoms with Crippen LogP contribution in [0.25, 0.3) is 0 Å². The van der Waals surface area contributed by atoms with Crippen LogP contribution in [0.15, 0.2) is 42.5 Å². The van der Waals surface area contributed by atoms with Gasteiger partial charge >= 0.3 is 0 Å². The Bertz CT molecular complexity index is 703. The van der Waals surface area contributed by atoms with Crippen molar-refractivity contribution < 1.29 is 9.47 Å². The molecular weight excluding hydrogens is 296 g/mol. The first-order valence-corrected chi connectivity index (χ1v) is 7.57. The Morgan fingerprint density at radius 1 is 1.14 bits per heavy atom. The molecule has 5 heteroatoms. The van der Waals surface area contributed by atoms with E-state index in [2.05, 4.69) is 36.6 Å². The van der Waals surface area contributed by atoms with E-state index >= 15 is 0 Å². The number of ether oxygens (including phenoxy) is 2. The summed E-state index contributed by atoms with van der Waals surface area (Å²) in [4.78, 5) is 0. The van der Waals surface area contributed by atoms with Crippen molar-refractivity contribution in [2.24, 2.45) is 0 Å². The van der Waals surface area contributed by atoms with Crippen LogP contribution in [0.4, 0.5) is 5.69 Å². The second-order valence-corrected chi connectivity index (χ2v) is 5.65. The topological polar surface area (TPSA) is 42.5 Å². The molecule has 1 aliphatic heterocycles. The van der Waals surface area contributed by atoms with E-state index in [4.69, 9.17) is 21.7 Å². The van der Waals surface area contributed by atoms with Crippen molar-refractivity contribution in [1.29, 1.82) is 0 Å². The zero-order chi connectivity index (χ0) is 15.5. The molecule has 0 unspecified atom stereocenters. The van der Waals surface area contributed by atoms with Crippen LogP contribution in [-0.4, -0.2) is 11.9 Å². The molecule has 0 aromatic heterocycles. The highest BCUT2D eigenvalue weighted by Gasteiger charge is 2.14. The zero-order valence-electron chi connectivity index (χ0n) is 12.6. The third kappa shape index (κ3) is 3.14. The fourth-order valence-electron chi connectivity index (χ4n) is 2.49. The first-order chi connectivity index (χ1) is 10.6. The molecule has 0 spiro atoms. The first-order valence-electron chi connectivity index (χ1n) is 7.16. The van der Waals surface area contributed by atoms with Gasteiger partial charge in [0, 0.05) is 11.8 Å². The molecule has 2 N–H and O–H groups in total. The number of fused-ring (bicyclic) bond motifs is 1. The van der Waals surface area contributed by atoms with Gasteiger partial charge in [0.15, 0.2) is 16.6 Å². The van der Waals surface area contributed by atoms with Crippen LogP contribution in [0.1, 0.15) is 24.1 Å². The van der Waals surface area contributed by atoms with E-state index in [1.165, 1.54) is 11.1 Å². The second-order valence-electron chi connectivity index (χ2n) is 5.24. The zero-order valence-corrected chi connectivity index (χ0v) is 13.4. The molecule has 1 atom stereocenters. The van der Waals surface area contributed by atoms with Crippen molar-refractivity contribution in [2.45, 2.75) is 19.9 Å². The summed E-state index contributed by atoms with van der Waals surface area (Å²) in [6.45, 7) is 4.46. The lowest BCUT2D eigenvalue weighted by molar-refractivity contribution is 0.174. The summed E-state index contributed by atoms with van der Waals surface area (Å²) >= 11 is 5.39. The molecule has 2 aromatic rings. The summed E-state index contributed by atoms with van der Waals surface area (Å²) in [5.41, 5.74) is 3.35. The highest BCUT2D eigenvalue weighted by atomic mass is 32.1. The number of thiocarbonyl (C=S) groups is 1. The molecule has 4 nitrogen and oxygen atoms in total. The molecule has 0 amide bonds. The van der Waals surface area contributed by atoms with E-state index in [0.717, 1.165) is 17.2 Å². The molecule has 2 aromatic carbocycles. The molecule has 0 saturated heterocycles. The maximum Gasteiger partial charge on any atom is 0.231 e. The minimum atomic E-state index is 0.134. The predicted octanol–water partition coefficient (Wildman–Crippen LogP) is 3.77. The third-order valence-corrected chi connectivity index (χ3v) is 3.85. The van der Waals surface area contributed by atoms with E-state index < -0.39 is 0 Å². The molecule has 0 radical (unpaired) electrons. The molecule has 0 fully saturated rings. The van der Waals surface area contributed by atoms with Gasteiger partial charge in [-0.25, -0.2) is 0 Å². The van der Waals surface area contributed by atoms with Crippen LogP contribution >= 0.6 is 12.2 Å². The lowest BCUT2D eigenvalue weighted by atomic mass is 10.0. The minimum absolute atomic E-state index is 0.134. The Morgan fingerprint density at radius 2 is 1.91 bits per heavy atom. The SMILES string of the molecule is Cc1ccccc1[C@@H](C)NC(=S)Nc1ccc2c(c1)OCO2. The minimum Gasteiger partial charge on any atom is -0.454 e. The maximum absolute atomic E-state index is 5.39. The Balaban J connectivity index is 1.64. The Morgan fingerprint density at radius 3 is 2.73 bits per heavy atom. The largest absolute Gasteiger partial charge is 0.454 e. The van der Waals surface area contributed by atoms with E-state index in [-0.39, 0.29) is 12.8 Å². The summed E-state index contributed by atoms with van der Waals surface area (Å²) in [5.74, 6) is 1.50. The van der Waals surface area contributed by atoms with Crippen LogP contribution in [-0.2, 0) is 0 Å². The quantitative estimate of drug-likeness (QED) is 0.844. The highest BCUT2D eigenvalue weighted by Crippen LogP contribution is 2.34. The standard InChI is InChI=1S/C17H18N2O2S/c1-11-5-3-4-6-14(11)12(2)18-17(22)19-13-7-8-15-16(9-13)21-10-20-15/h3-9,12H,10H2,1-2H3,(H2,18,19,22)/t12-/m1/s1. The van der Waals surface area contributed by atoms with Crippen molar-refractivity contribution in [2.75, 3.05) is 12.1 Å². The average Bonchev–Trinajstić information content (AvgIpc) is 2.95. The van der Waals surface area contributed by atoms with Gasteiger partial charge in [0.2, 0.25) is 6.79 Å². The van der Waals surface area contributed by atoms with Crippen LogP contribution in [0.3, 0.4) is 0 Å². The molecule has 1 aliphatic rings. The Kier molecular flexibility index (Phi) is 4.15. The number of hydrogen-bond donors (Lipinski definition) is 2. The summed E-state index contributed by atoms with van der Waals surface area (Å²) < 4.78 is 10.7. The van der Waals surface area contributed by atoms with Crippen molar-refractivity contribution >= 4 is 23.0 Å². The summed E-state index contributed by atoms with van der Waals surface area (Å²) in [6.07, 6.45) is 0. The monoisotopic (exact) mass is 314 g/mol. The molecule has 0 aliphatic carbocycles. The van der Waals surface area contributed by atoms with Crippen LogP contribution in [0.5, 0.6) is 11.5 Å². The number of benzene rings is 2. The number of nitrogens with one attached hydrogen (secondary N) is 2. The summed E-state index contributed by atoms with van der Waals surface area (Å²) in [7, 11) is 0. The van der Waals surface area contributed by atoms with Gasteiger partial charge < -0.3 is 20.1 Å². The molecule has 114 valence electrons. The van der Waals surface area contributed by atoms with E-state index in [1.54, 1.807) is 0 Å². The van der Waals surface area contributed by atoms with Crippen LogP contribution in [0, 0.1) is 6.92 Å². The molecule has 0 bridgehead atoms. The van der Waals surface area contributed by atoms with E-state index in [1.807, 2.05) is 30.3 Å². The molecule has 3 rings (SSSR count). The average molecular weight is 314 g/mol. The van der Waals surface area contributed by atoms with Gasteiger partial charge in [-0.1, -0.05) is 24.3 Å². The molecule has 22 heavy (non-hydrogen) atoms. The van der Waals surface area contributed by atoms with Crippen molar-refractivity contribution in [3.05, 3.63) is 53.6 Å². The number of hydrogen-bond acceptors (Lipinski definition) is 3. The van der Waals surface area contributed by atoms with Crippen molar-refractivity contribution in [3.63, 3.8) is 0 Å². The lowest BCUT2D eigenvalue weighted by Gasteiger charge is -2.19. The van der Waals surface area contributed by atoms with Gasteiger partial charge in [0.1, 0.15) is 0 Å². The number of anilines is 1. The van der Waals surface area contributed by atoms with Gasteiger partial charge in [0.25, 0.3) is 0 Å². The fraction of sp³-hybridized carbons (Fsp3) is 0.235. The summed E-state index contributed by atoms with van der Waals surface area (Å²) in [6, 6.07) is 14.1. The maximum atomic E-state index is 5.39. The predicted molar refractivity (Wildman–Crippen MR) is 91.5 cm³/mol. The van der Waals surface area contributed by atoms with E-state index in [0.29, 0.717) is 5.11 Å². The fourth-order valence-corrected chi connectivity index (χ4v) is 2.78. The number of aryl methyl sites for hydroxylation is 1. The Hall–Kier alpha value is -2.27. The summed E-state index contributed by atoms with van der Waals surface area (Å²) in [5, 5.41) is 7.06. The van der Waals surface area contributed by atoms with E-state index in [9.17, 15) is 0 Å². The molecule has 0 saturated carbocycles. The van der Waals surface area contributed by atoms with Crippen LogP contribution < -0.4 is 20.1 Å². The second kappa shape index (κ2) is 6.23. The van der Waals surface area contributed by atoms with Gasteiger partial charge in [-0.15, -0.1) is 0 Å². The van der Waals surface area contributed by atoms with Crippen LogP contribution in [0.2, 0.25) is 0 Å². The van der Waals surface area contributed by atoms with Crippen molar-refractivity contribution in [1.82, 2.24) is 5.32 Å². The first kappa shape index (κ1) is 14.7. The lowest BCUT2D eigenvalue weighted by Crippen LogP contribution is -2.31. The van der Waals surface area contributed by atoms with Gasteiger partial charge in [0.05, 0.1) is 6.04 Å². The normalized spacial score (nSPS) is 13.5. The molecule has 1 heterocycles. The van der Waals surface area contributed by atoms with Gasteiger partial charge in [-0.3, -0.25) is 0 Å². The highest BCUT2D eigenvalue weighted by molar-refractivity contribution is 7.80. The Labute approximate surface area is 135 Å². The number of rotatable bonds is 3. The third-order valence-electron chi connectivity index (χ3n) is 3.63. The van der Waals surface area contributed by atoms with Crippen molar-refractivity contribution in [3.8, 4) is 11.5 Å². The van der Waals surface area contributed by atoms with Gasteiger partial charge in [-0.05, 0) is 49.3 Å². The molecular formula is C17H18N2O2S. The smallest absolute Gasteiger partial charge is 0.231 e.